The molecule has 92 heavy (non-hydrogen) atoms. The number of amides is 14. The van der Waals surface area contributed by atoms with E-state index < -0.39 is 168 Å². The zero-order valence-corrected chi connectivity index (χ0v) is 54.9. The Morgan fingerprint density at radius 3 is 1.99 bits per heavy atom. The summed E-state index contributed by atoms with van der Waals surface area (Å²) < 4.78 is 0. The number of aliphatic hydroxyl groups is 1. The second-order valence-electron chi connectivity index (χ2n) is 23.8. The van der Waals surface area contributed by atoms with Crippen LogP contribution in [0.25, 0.3) is 0 Å². The van der Waals surface area contributed by atoms with Crippen molar-refractivity contribution in [1.29, 1.82) is 0 Å². The van der Waals surface area contributed by atoms with Crippen molar-refractivity contribution in [2.45, 2.75) is 164 Å². The van der Waals surface area contributed by atoms with Crippen LogP contribution in [0.5, 0.6) is 5.75 Å². The van der Waals surface area contributed by atoms with E-state index in [0.29, 0.717) is 24.8 Å². The number of benzene rings is 1. The van der Waals surface area contributed by atoms with E-state index in [1.165, 1.54) is 29.2 Å². The Morgan fingerprint density at radius 1 is 0.674 bits per heavy atom. The van der Waals surface area contributed by atoms with Crippen molar-refractivity contribution < 1.29 is 77.3 Å². The van der Waals surface area contributed by atoms with Gasteiger partial charge in [0.25, 0.3) is 0 Å². The second kappa shape index (κ2) is 35.8. The van der Waals surface area contributed by atoms with Crippen LogP contribution in [-0.4, -0.2) is 231 Å². The van der Waals surface area contributed by atoms with Crippen molar-refractivity contribution in [3.8, 4) is 5.75 Å². The molecule has 5 aliphatic heterocycles. The van der Waals surface area contributed by atoms with E-state index >= 15 is 4.79 Å². The summed E-state index contributed by atoms with van der Waals surface area (Å²) in [6.45, 7) is 5.34. The Hall–Kier alpha value is -7.08. The molecule has 14 amide bonds. The zero-order chi connectivity index (χ0) is 67.3. The van der Waals surface area contributed by atoms with Gasteiger partial charge in [0.1, 0.15) is 72.2 Å². The number of phenols is 1. The molecule has 35 heteroatoms. The third kappa shape index (κ3) is 22.0. The summed E-state index contributed by atoms with van der Waals surface area (Å²) in [6, 6.07) is -9.06. The minimum atomic E-state index is -1.57. The second-order valence-corrected chi connectivity index (χ2v) is 28.9. The Balaban J connectivity index is 1.39. The summed E-state index contributed by atoms with van der Waals surface area (Å²) in [7, 11) is 3.80. The predicted octanol–water partition coefficient (Wildman–Crippen LogP) is -4.62. The number of hydrogen-bond donors (Lipinski definition) is 15. The number of nitrogens with zero attached hydrogens (tertiary/aromatic N) is 2. The van der Waals surface area contributed by atoms with E-state index in [2.05, 4.69) is 58.5 Å². The first-order valence-electron chi connectivity index (χ1n) is 30.5. The fourth-order valence-corrected chi connectivity index (χ4v) is 15.4. The van der Waals surface area contributed by atoms with E-state index in [1.807, 2.05) is 0 Å². The maximum atomic E-state index is 15.1. The van der Waals surface area contributed by atoms with Gasteiger partial charge in [-0.25, -0.2) is 0 Å². The highest BCUT2D eigenvalue weighted by atomic mass is 33.1. The van der Waals surface area contributed by atoms with Gasteiger partial charge < -0.3 is 90.0 Å². The Bertz CT molecular complexity index is 2880. The first kappa shape index (κ1) is 74.0. The number of rotatable bonds is 16. The maximum absolute atomic E-state index is 15.1. The summed E-state index contributed by atoms with van der Waals surface area (Å²) in [5, 5.41) is 49.7. The maximum Gasteiger partial charge on any atom is 0.246 e. The molecule has 1 aromatic rings. The van der Waals surface area contributed by atoms with Crippen molar-refractivity contribution >= 4 is 126 Å². The Labute approximate surface area is 547 Å². The molecular formula is C57H85N15O16S4. The smallest absolute Gasteiger partial charge is 0.246 e. The summed E-state index contributed by atoms with van der Waals surface area (Å²) in [4.78, 5) is 198. The van der Waals surface area contributed by atoms with Gasteiger partial charge in [-0.05, 0) is 81.0 Å². The number of fused-ring (bicyclic) bond motifs is 7. The number of primary amides is 1. The highest BCUT2D eigenvalue weighted by Crippen LogP contribution is 2.30. The molecule has 0 saturated carbocycles. The third-order valence-electron chi connectivity index (χ3n) is 15.7. The average molecular weight is 1360 g/mol. The molecule has 5 aliphatic rings. The fourth-order valence-electron chi connectivity index (χ4n) is 10.7. The van der Waals surface area contributed by atoms with Gasteiger partial charge in [0.15, 0.2) is 0 Å². The molecular weight excluding hydrogens is 1280 g/mol. The monoisotopic (exact) mass is 1360 g/mol. The van der Waals surface area contributed by atoms with Crippen LogP contribution >= 0.6 is 43.2 Å². The Morgan fingerprint density at radius 2 is 1.33 bits per heavy atom. The summed E-state index contributed by atoms with van der Waals surface area (Å²) in [6.07, 6.45) is -0.0384. The Kier molecular flexibility index (Phi) is 28.8. The van der Waals surface area contributed by atoms with Gasteiger partial charge in [-0.15, -0.1) is 0 Å². The van der Waals surface area contributed by atoms with Gasteiger partial charge >= 0.3 is 0 Å². The number of unbranched alkanes of at least 4 members (excludes halogenated alkanes) is 1. The number of nitrogens with two attached hydrogens (primary N) is 2. The molecule has 31 nitrogen and oxygen atoms in total. The number of aromatic hydroxyl groups is 1. The summed E-state index contributed by atoms with van der Waals surface area (Å²) in [5.41, 5.74) is 12.1. The standard InChI is InChI=1S/C57H85N15O16S4/c1-28(2)18-35-51(82)69-40-27-92-90-25-38(49(80)61-21-44(76)63-36(19-30-10-12-31(73)13-11-30)52(83)64-33(50(81)65-35)8-5-6-16-58)67-53(84)39(68-55(86)46(29(3)4)70-45(77)22-60-48(79)34-14-15-43(75)62-34)26-91-89-24-37(47(59)78)66-54(85)42-20-32(74)23-72(42)57(88)41-9-7-17-71(41)56(40)87/h10-13,28-29,32-42,46,73-74H,5-9,14-27,58H2,1-4H3,(H2,59,78)(H,60,79)(H,61,80)(H,62,75)(H,63,76)(H,64,83)(H,65,81)(H,66,85)(H,67,84)(H,68,86)(H,69,82)(H,70,77)/t32-,33+,34+,35+,36+,37+,38+,39+,40+,41+,42+,46+/m1/s1. The molecule has 5 fully saturated rings. The lowest BCUT2D eigenvalue weighted by Crippen LogP contribution is -2.61. The molecule has 5 saturated heterocycles. The van der Waals surface area contributed by atoms with E-state index in [-0.39, 0.29) is 105 Å². The summed E-state index contributed by atoms with van der Waals surface area (Å²) >= 11 is 0. The van der Waals surface area contributed by atoms with Crippen LogP contribution in [0.2, 0.25) is 0 Å². The molecule has 2 bridgehead atoms. The van der Waals surface area contributed by atoms with Crippen LogP contribution in [0.1, 0.15) is 91.0 Å². The molecule has 0 unspecified atom stereocenters. The molecule has 0 aromatic heterocycles. The SMILES string of the molecule is CC(C)C[C@@H]1NC(=O)[C@H](CCCCN)NC(=O)[C@H](Cc2ccc(O)cc2)NC(=O)CNC(=O)[C@@H]2CSSC[C@H](NC1=O)C(=O)N1CCC[C@H]1C(=O)N1C[C@H](O)C[C@H]1C(=O)N[C@H](C(N)=O)CSSC[C@H](NC(=O)[C@@H](NC(=O)CNC(=O)[C@@H]1CCC(=O)N1)C(C)C)C(=O)N2. The first-order chi connectivity index (χ1) is 43.7. The summed E-state index contributed by atoms with van der Waals surface area (Å²) in [5.74, 6) is -13.3. The topological polar surface area (TPSA) is 470 Å². The molecule has 508 valence electrons. The number of aliphatic hydroxyl groups excluding tert-OH is 1. The quantitative estimate of drug-likeness (QED) is 0.0547. The van der Waals surface area contributed by atoms with Crippen LogP contribution in [0, 0.1) is 11.8 Å². The minimum Gasteiger partial charge on any atom is -0.508 e. The fraction of sp³-hybridized carbons (Fsp3) is 0.649. The van der Waals surface area contributed by atoms with Crippen molar-refractivity contribution in [3.05, 3.63) is 29.8 Å². The molecule has 0 spiro atoms. The molecule has 0 aliphatic carbocycles. The molecule has 12 atom stereocenters. The molecule has 5 heterocycles. The number of hydrogen-bond acceptors (Lipinski definition) is 21. The lowest BCUT2D eigenvalue weighted by molar-refractivity contribution is -0.148. The van der Waals surface area contributed by atoms with E-state index in [4.69, 9.17) is 11.5 Å². The van der Waals surface area contributed by atoms with E-state index in [0.717, 1.165) is 48.1 Å². The van der Waals surface area contributed by atoms with Crippen molar-refractivity contribution in [3.63, 3.8) is 0 Å². The molecule has 0 radical (unpaired) electrons. The highest BCUT2D eigenvalue weighted by molar-refractivity contribution is 8.77. The number of carbonyl (C=O) groups is 14. The van der Waals surface area contributed by atoms with Gasteiger partial charge in [0, 0.05) is 55.4 Å². The largest absolute Gasteiger partial charge is 0.508 e. The van der Waals surface area contributed by atoms with Crippen LogP contribution < -0.4 is 70.0 Å². The normalized spacial score (nSPS) is 27.6. The third-order valence-corrected chi connectivity index (χ3v) is 20.5. The lowest BCUT2D eigenvalue weighted by atomic mass is 10.0. The van der Waals surface area contributed by atoms with Gasteiger partial charge in [0.2, 0.25) is 82.7 Å². The number of carbonyl (C=O) groups excluding carboxylic acids is 14. The number of nitrogens with one attached hydrogen (secondary N) is 11. The van der Waals surface area contributed by atoms with Crippen LogP contribution in [0.3, 0.4) is 0 Å². The molecule has 6 rings (SSSR count). The van der Waals surface area contributed by atoms with Gasteiger partial charge in [-0.3, -0.25) is 67.1 Å². The van der Waals surface area contributed by atoms with Crippen molar-refractivity contribution in [2.75, 3.05) is 55.7 Å². The van der Waals surface area contributed by atoms with Gasteiger partial charge in [-0.1, -0.05) is 83.0 Å². The lowest BCUT2D eigenvalue weighted by Gasteiger charge is -2.33. The average Bonchev–Trinajstić information content (AvgIpc) is 1.68. The van der Waals surface area contributed by atoms with E-state index in [9.17, 15) is 72.5 Å². The van der Waals surface area contributed by atoms with E-state index in [1.54, 1.807) is 27.7 Å². The molecule has 1 aromatic carbocycles. The van der Waals surface area contributed by atoms with Gasteiger partial charge in [-0.2, -0.15) is 0 Å². The minimum absolute atomic E-state index is 0.0137. The van der Waals surface area contributed by atoms with Crippen LogP contribution in [-0.2, 0) is 73.5 Å². The van der Waals surface area contributed by atoms with Crippen molar-refractivity contribution in [1.82, 2.24) is 68.3 Å². The highest BCUT2D eigenvalue weighted by Gasteiger charge is 2.47. The predicted molar refractivity (Wildman–Crippen MR) is 342 cm³/mol. The number of phenolic OH excluding ortho intramolecular Hbond substituents is 1. The van der Waals surface area contributed by atoms with Crippen molar-refractivity contribution in [2.24, 2.45) is 23.3 Å². The first-order valence-corrected chi connectivity index (χ1v) is 35.5. The van der Waals surface area contributed by atoms with Crippen LogP contribution in [0.15, 0.2) is 24.3 Å². The zero-order valence-electron chi connectivity index (χ0n) is 51.6. The molecule has 17 N–H and O–H groups in total. The van der Waals surface area contributed by atoms with Gasteiger partial charge in [0.05, 0.1) is 19.2 Å². The van der Waals surface area contributed by atoms with Crippen LogP contribution in [0.4, 0.5) is 0 Å².